The number of carboxylic acid groups (broad SMARTS) is 1. The lowest BCUT2D eigenvalue weighted by Crippen LogP contribution is -2.29. The number of aromatic amines is 1. The number of aliphatic carboxylic acids is 1. The molecule has 1 aliphatic heterocycles. The molecule has 4 rings (SSSR count). The van der Waals surface area contributed by atoms with Gasteiger partial charge in [0.25, 0.3) is 11.5 Å². The van der Waals surface area contributed by atoms with Gasteiger partial charge in [-0.1, -0.05) is 6.07 Å². The Morgan fingerprint density at radius 2 is 1.94 bits per heavy atom. The summed E-state index contributed by atoms with van der Waals surface area (Å²) < 4.78 is 21.8. The molecule has 0 saturated heterocycles. The molecule has 34 heavy (non-hydrogen) atoms. The molecule has 0 fully saturated rings. The molecule has 3 N–H and O–H groups in total. The van der Waals surface area contributed by atoms with Crippen LogP contribution in [-0.4, -0.2) is 42.5 Å². The van der Waals surface area contributed by atoms with Crippen LogP contribution in [0.1, 0.15) is 35.2 Å². The average Bonchev–Trinajstić information content (AvgIpc) is 3.29. The maximum atomic E-state index is 12.7. The average molecular weight is 468 g/mol. The van der Waals surface area contributed by atoms with E-state index in [1.807, 2.05) is 6.07 Å². The Morgan fingerprint density at radius 1 is 1.12 bits per heavy atom. The number of amides is 1. The molecule has 0 aliphatic carbocycles. The number of fused-ring (bicyclic) bond motifs is 2. The highest BCUT2D eigenvalue weighted by atomic mass is 16.7. The van der Waals surface area contributed by atoms with Gasteiger partial charge in [0.1, 0.15) is 5.56 Å². The Bertz CT molecular complexity index is 1280. The minimum absolute atomic E-state index is 0.0363. The second kappa shape index (κ2) is 10.2. The third-order valence-corrected chi connectivity index (χ3v) is 5.32. The van der Waals surface area contributed by atoms with Gasteiger partial charge in [-0.05, 0) is 48.7 Å². The van der Waals surface area contributed by atoms with Crippen molar-refractivity contribution in [2.75, 3.05) is 20.5 Å². The first-order chi connectivity index (χ1) is 16.5. The van der Waals surface area contributed by atoms with Crippen LogP contribution in [0, 0.1) is 0 Å². The molecular formula is C24H24N2O8. The molecule has 10 nitrogen and oxygen atoms in total. The smallest absolute Gasteiger partial charge is 0.303 e. The number of H-pyrrole nitrogens is 1. The first-order valence-corrected chi connectivity index (χ1v) is 10.7. The number of ether oxygens (including phenoxy) is 4. The van der Waals surface area contributed by atoms with E-state index in [2.05, 4.69) is 10.3 Å². The van der Waals surface area contributed by atoms with Gasteiger partial charge < -0.3 is 34.4 Å². The highest BCUT2D eigenvalue weighted by molar-refractivity contribution is 5.98. The molecule has 0 atom stereocenters. The van der Waals surface area contributed by atoms with Gasteiger partial charge in [0.15, 0.2) is 23.0 Å². The maximum Gasteiger partial charge on any atom is 0.303 e. The monoisotopic (exact) mass is 468 g/mol. The molecule has 0 radical (unpaired) electrons. The summed E-state index contributed by atoms with van der Waals surface area (Å²) in [6.45, 7) is 0.624. The lowest BCUT2D eigenvalue weighted by molar-refractivity contribution is -0.137. The van der Waals surface area contributed by atoms with Crippen LogP contribution in [0.4, 0.5) is 0 Å². The molecule has 0 saturated carbocycles. The molecule has 2 heterocycles. The fourth-order valence-electron chi connectivity index (χ4n) is 3.58. The minimum atomic E-state index is -0.864. The molecule has 10 heteroatoms. The number of nitrogens with one attached hydrogen (secondary N) is 2. The first kappa shape index (κ1) is 23.0. The highest BCUT2D eigenvalue weighted by Gasteiger charge is 2.18. The summed E-state index contributed by atoms with van der Waals surface area (Å²) in [6.07, 6.45) is 1.04. The van der Waals surface area contributed by atoms with Crippen molar-refractivity contribution in [3.05, 3.63) is 57.9 Å². The van der Waals surface area contributed by atoms with Crippen LogP contribution in [-0.2, 0) is 11.3 Å². The largest absolute Gasteiger partial charge is 0.493 e. The van der Waals surface area contributed by atoms with Crippen molar-refractivity contribution in [2.45, 2.75) is 25.8 Å². The number of unbranched alkanes of at least 4 members (excludes halogenated alkanes) is 1. The number of rotatable bonds is 10. The van der Waals surface area contributed by atoms with Crippen molar-refractivity contribution in [1.29, 1.82) is 0 Å². The molecule has 0 bridgehead atoms. The number of carboxylic acids is 1. The number of hydrogen-bond donors (Lipinski definition) is 3. The molecular weight excluding hydrogens is 444 g/mol. The fourth-order valence-corrected chi connectivity index (χ4v) is 3.58. The van der Waals surface area contributed by atoms with Gasteiger partial charge in [0, 0.05) is 18.4 Å². The molecule has 3 aromatic rings. The van der Waals surface area contributed by atoms with E-state index in [4.69, 9.17) is 24.1 Å². The SMILES string of the molecule is COc1ccc2cc(C(=O)NCc3ccc4c(c3)OCO4)c(=O)[nH]c2c1OCCCCC(=O)O. The summed E-state index contributed by atoms with van der Waals surface area (Å²) in [7, 11) is 1.48. The number of carbonyl (C=O) groups is 2. The number of benzene rings is 2. The Kier molecular flexibility index (Phi) is 6.86. The van der Waals surface area contributed by atoms with Gasteiger partial charge >= 0.3 is 5.97 Å². The van der Waals surface area contributed by atoms with E-state index in [0.29, 0.717) is 46.7 Å². The van der Waals surface area contributed by atoms with Crippen molar-refractivity contribution in [3.63, 3.8) is 0 Å². The molecule has 2 aromatic carbocycles. The minimum Gasteiger partial charge on any atom is -0.493 e. The Labute approximate surface area is 194 Å². The molecule has 1 amide bonds. The zero-order valence-electron chi connectivity index (χ0n) is 18.5. The topological polar surface area (TPSA) is 136 Å². The zero-order valence-corrected chi connectivity index (χ0v) is 18.5. The van der Waals surface area contributed by atoms with Gasteiger partial charge in [0.2, 0.25) is 6.79 Å². The summed E-state index contributed by atoms with van der Waals surface area (Å²) in [5.41, 5.74) is 0.596. The predicted molar refractivity (Wildman–Crippen MR) is 122 cm³/mol. The van der Waals surface area contributed by atoms with E-state index >= 15 is 0 Å². The van der Waals surface area contributed by atoms with Crippen LogP contribution < -0.4 is 29.8 Å². The Morgan fingerprint density at radius 3 is 2.74 bits per heavy atom. The Balaban J connectivity index is 1.50. The third kappa shape index (κ3) is 5.06. The van der Waals surface area contributed by atoms with E-state index in [0.717, 1.165) is 5.56 Å². The summed E-state index contributed by atoms with van der Waals surface area (Å²) in [5, 5.41) is 12.1. The number of hydrogen-bond acceptors (Lipinski definition) is 7. The summed E-state index contributed by atoms with van der Waals surface area (Å²) in [4.78, 5) is 38.8. The number of carbonyl (C=O) groups excluding carboxylic acids is 1. The Hall–Kier alpha value is -4.21. The molecule has 0 spiro atoms. The summed E-state index contributed by atoms with van der Waals surface area (Å²) in [5.74, 6) is 0.626. The predicted octanol–water partition coefficient (Wildman–Crippen LogP) is 2.83. The van der Waals surface area contributed by atoms with Crippen LogP contribution in [0.15, 0.2) is 41.2 Å². The maximum absolute atomic E-state index is 12.7. The van der Waals surface area contributed by atoms with Crippen LogP contribution in [0.5, 0.6) is 23.0 Å². The van der Waals surface area contributed by atoms with Crippen molar-refractivity contribution >= 4 is 22.8 Å². The van der Waals surface area contributed by atoms with Gasteiger partial charge in [-0.3, -0.25) is 14.4 Å². The van der Waals surface area contributed by atoms with Gasteiger partial charge in [-0.25, -0.2) is 0 Å². The highest BCUT2D eigenvalue weighted by Crippen LogP contribution is 2.34. The van der Waals surface area contributed by atoms with Crippen LogP contribution in [0.2, 0.25) is 0 Å². The normalized spacial score (nSPS) is 11.9. The van der Waals surface area contributed by atoms with Gasteiger partial charge in [-0.15, -0.1) is 0 Å². The third-order valence-electron chi connectivity index (χ3n) is 5.32. The van der Waals surface area contributed by atoms with Crippen LogP contribution >= 0.6 is 0 Å². The summed E-state index contributed by atoms with van der Waals surface area (Å²) >= 11 is 0. The van der Waals surface area contributed by atoms with E-state index < -0.39 is 17.4 Å². The van der Waals surface area contributed by atoms with Crippen molar-refractivity contribution in [2.24, 2.45) is 0 Å². The standard InChI is InChI=1S/C24H24N2O8/c1-31-18-8-6-15-11-16(23(29)25-12-14-5-7-17-19(10-14)34-13-33-17)24(30)26-21(15)22(18)32-9-3-2-4-20(27)28/h5-8,10-11H,2-4,9,12-13H2,1H3,(H,25,29)(H,26,30)(H,27,28). The quantitative estimate of drug-likeness (QED) is 0.387. The number of aromatic nitrogens is 1. The molecule has 0 unspecified atom stereocenters. The van der Waals surface area contributed by atoms with Crippen LogP contribution in [0.3, 0.4) is 0 Å². The fraction of sp³-hybridized carbons (Fsp3) is 0.292. The number of methoxy groups -OCH3 is 1. The molecule has 1 aliphatic rings. The van der Waals surface area contributed by atoms with Gasteiger partial charge in [-0.2, -0.15) is 0 Å². The second-order valence-corrected chi connectivity index (χ2v) is 7.64. The lowest BCUT2D eigenvalue weighted by Gasteiger charge is -2.14. The number of pyridine rings is 1. The van der Waals surface area contributed by atoms with Crippen molar-refractivity contribution in [3.8, 4) is 23.0 Å². The second-order valence-electron chi connectivity index (χ2n) is 7.64. The zero-order chi connectivity index (χ0) is 24.1. The van der Waals surface area contributed by atoms with E-state index in [-0.39, 0.29) is 31.9 Å². The summed E-state index contributed by atoms with van der Waals surface area (Å²) in [6, 6.07) is 10.3. The van der Waals surface area contributed by atoms with Crippen molar-refractivity contribution in [1.82, 2.24) is 10.3 Å². The van der Waals surface area contributed by atoms with Crippen molar-refractivity contribution < 1.29 is 33.6 Å². The van der Waals surface area contributed by atoms with E-state index in [1.165, 1.54) is 13.2 Å². The van der Waals surface area contributed by atoms with Crippen LogP contribution in [0.25, 0.3) is 10.9 Å². The lowest BCUT2D eigenvalue weighted by atomic mass is 10.1. The first-order valence-electron chi connectivity index (χ1n) is 10.7. The molecule has 1 aromatic heterocycles. The van der Waals surface area contributed by atoms with Gasteiger partial charge in [0.05, 0.1) is 19.2 Å². The van der Waals surface area contributed by atoms with E-state index in [1.54, 1.807) is 24.3 Å². The molecule has 178 valence electrons. The van der Waals surface area contributed by atoms with E-state index in [9.17, 15) is 14.4 Å².